The van der Waals surface area contributed by atoms with Gasteiger partial charge in [0, 0.05) is 5.92 Å². The second kappa shape index (κ2) is 8.96. The third-order valence-corrected chi connectivity index (χ3v) is 11.3. The van der Waals surface area contributed by atoms with Gasteiger partial charge in [0.2, 0.25) is 0 Å². The van der Waals surface area contributed by atoms with Crippen LogP contribution in [-0.2, 0) is 4.79 Å². The molecule has 4 saturated carbocycles. The molecule has 0 aromatic carbocycles. The van der Waals surface area contributed by atoms with E-state index in [4.69, 9.17) is 0 Å². The number of carbonyl (C=O) groups excluding carboxylic acids is 1. The van der Waals surface area contributed by atoms with Crippen molar-refractivity contribution in [3.8, 4) is 0 Å². The summed E-state index contributed by atoms with van der Waals surface area (Å²) < 4.78 is 0. The maximum atomic E-state index is 12.1. The first-order chi connectivity index (χ1) is 15.0. The van der Waals surface area contributed by atoms with E-state index < -0.39 is 6.10 Å². The van der Waals surface area contributed by atoms with Crippen LogP contribution in [0.3, 0.4) is 0 Å². The van der Waals surface area contributed by atoms with Gasteiger partial charge in [-0.15, -0.1) is 0 Å². The standard InChI is InChI=1S/C28H48O4/c1-16(2)7-6-8-17(3)21-9-10-22-26-23(14-25(32)28(21,22)5)27(4)18(13-24(26)31)11-20(30)12-19(27)15-29/h15-26,30-32H,6-14H2,1-5H3/t17-,18?,19?,20?,21-,22+,23+,24?,25?,26+,27-,28-/m1/s1. The number of fused-ring (bicyclic) bond motifs is 5. The molecule has 0 saturated heterocycles. The van der Waals surface area contributed by atoms with Gasteiger partial charge in [0.25, 0.3) is 0 Å². The molecule has 0 radical (unpaired) electrons. The van der Waals surface area contributed by atoms with Crippen LogP contribution < -0.4 is 0 Å². The molecule has 4 aliphatic rings. The summed E-state index contributed by atoms with van der Waals surface area (Å²) in [6.07, 6.45) is 8.41. The molecule has 4 aliphatic carbocycles. The molecule has 5 unspecified atom stereocenters. The summed E-state index contributed by atoms with van der Waals surface area (Å²) in [5.41, 5.74) is -0.373. The van der Waals surface area contributed by atoms with Crippen LogP contribution in [0.25, 0.3) is 0 Å². The quantitative estimate of drug-likeness (QED) is 0.508. The topological polar surface area (TPSA) is 77.8 Å². The monoisotopic (exact) mass is 448 g/mol. The molecule has 12 atom stereocenters. The first kappa shape index (κ1) is 24.7. The highest BCUT2D eigenvalue weighted by Gasteiger charge is 2.67. The minimum Gasteiger partial charge on any atom is -0.393 e. The summed E-state index contributed by atoms with van der Waals surface area (Å²) in [6.45, 7) is 11.5. The Kier molecular flexibility index (Phi) is 6.91. The zero-order chi connectivity index (χ0) is 23.4. The summed E-state index contributed by atoms with van der Waals surface area (Å²) in [5.74, 6) is 2.44. The van der Waals surface area contributed by atoms with E-state index in [0.717, 1.165) is 25.0 Å². The van der Waals surface area contributed by atoms with Crippen molar-refractivity contribution in [1.82, 2.24) is 0 Å². The third kappa shape index (κ3) is 3.71. The van der Waals surface area contributed by atoms with E-state index in [2.05, 4.69) is 34.6 Å². The molecule has 0 aromatic rings. The van der Waals surface area contributed by atoms with Crippen molar-refractivity contribution in [2.45, 2.75) is 111 Å². The summed E-state index contributed by atoms with van der Waals surface area (Å²) in [7, 11) is 0. The number of aliphatic hydroxyl groups excluding tert-OH is 3. The smallest absolute Gasteiger partial charge is 0.123 e. The zero-order valence-electron chi connectivity index (χ0n) is 21.0. The van der Waals surface area contributed by atoms with Gasteiger partial charge in [-0.2, -0.15) is 0 Å². The van der Waals surface area contributed by atoms with Crippen LogP contribution in [0.5, 0.6) is 0 Å². The highest BCUT2D eigenvalue weighted by Crippen LogP contribution is 2.69. The van der Waals surface area contributed by atoms with Gasteiger partial charge in [-0.3, -0.25) is 0 Å². The molecule has 0 aromatic heterocycles. The number of aliphatic hydroxyl groups is 3. The summed E-state index contributed by atoms with van der Waals surface area (Å²) in [4.78, 5) is 12.1. The molecule has 4 nitrogen and oxygen atoms in total. The molecular weight excluding hydrogens is 400 g/mol. The Balaban J connectivity index is 1.60. The van der Waals surface area contributed by atoms with Crippen LogP contribution in [0, 0.1) is 58.2 Å². The second-order valence-electron chi connectivity index (χ2n) is 13.1. The normalized spacial score (nSPS) is 51.6. The highest BCUT2D eigenvalue weighted by molar-refractivity contribution is 5.56. The van der Waals surface area contributed by atoms with Crippen LogP contribution in [-0.4, -0.2) is 39.9 Å². The fourth-order valence-corrected chi connectivity index (χ4v) is 9.55. The van der Waals surface area contributed by atoms with Gasteiger partial charge in [0.1, 0.15) is 6.29 Å². The van der Waals surface area contributed by atoms with Crippen molar-refractivity contribution in [3.05, 3.63) is 0 Å². The van der Waals surface area contributed by atoms with Gasteiger partial charge in [-0.25, -0.2) is 0 Å². The van der Waals surface area contributed by atoms with Gasteiger partial charge in [0.05, 0.1) is 18.3 Å². The average Bonchev–Trinajstić information content (AvgIpc) is 3.08. The van der Waals surface area contributed by atoms with E-state index in [1.165, 1.54) is 19.3 Å². The largest absolute Gasteiger partial charge is 0.393 e. The molecule has 4 fully saturated rings. The number of aldehydes is 1. The Morgan fingerprint density at radius 3 is 2.28 bits per heavy atom. The van der Waals surface area contributed by atoms with E-state index >= 15 is 0 Å². The number of carbonyl (C=O) groups is 1. The highest BCUT2D eigenvalue weighted by atomic mass is 16.3. The Morgan fingerprint density at radius 2 is 1.62 bits per heavy atom. The summed E-state index contributed by atoms with van der Waals surface area (Å²) in [6, 6.07) is 0. The fourth-order valence-electron chi connectivity index (χ4n) is 9.55. The van der Waals surface area contributed by atoms with Crippen LogP contribution in [0.1, 0.15) is 92.4 Å². The molecule has 0 heterocycles. The van der Waals surface area contributed by atoms with Crippen molar-refractivity contribution in [3.63, 3.8) is 0 Å². The van der Waals surface area contributed by atoms with Crippen molar-refractivity contribution in [1.29, 1.82) is 0 Å². The number of hydrogen-bond donors (Lipinski definition) is 3. The lowest BCUT2D eigenvalue weighted by Crippen LogP contribution is -2.64. The van der Waals surface area contributed by atoms with Gasteiger partial charge in [-0.1, -0.05) is 53.9 Å². The van der Waals surface area contributed by atoms with E-state index in [9.17, 15) is 20.1 Å². The zero-order valence-corrected chi connectivity index (χ0v) is 21.0. The van der Waals surface area contributed by atoms with Gasteiger partial charge in [0.15, 0.2) is 0 Å². The van der Waals surface area contributed by atoms with E-state index in [0.29, 0.717) is 43.4 Å². The van der Waals surface area contributed by atoms with Crippen molar-refractivity contribution < 1.29 is 20.1 Å². The van der Waals surface area contributed by atoms with E-state index in [-0.39, 0.29) is 46.7 Å². The van der Waals surface area contributed by atoms with Crippen LogP contribution >= 0.6 is 0 Å². The van der Waals surface area contributed by atoms with Crippen molar-refractivity contribution >= 4 is 6.29 Å². The Morgan fingerprint density at radius 1 is 0.906 bits per heavy atom. The molecule has 3 N–H and O–H groups in total. The lowest BCUT2D eigenvalue weighted by atomic mass is 9.41. The van der Waals surface area contributed by atoms with Gasteiger partial charge in [-0.05, 0) is 90.8 Å². The number of rotatable bonds is 6. The minimum absolute atomic E-state index is 0.145. The minimum atomic E-state index is -0.451. The predicted octanol–water partition coefficient (Wildman–Crippen LogP) is 4.84. The first-order valence-electron chi connectivity index (χ1n) is 13.5. The lowest BCUT2D eigenvalue weighted by Gasteiger charge is -2.64. The number of hydrogen-bond acceptors (Lipinski definition) is 4. The summed E-state index contributed by atoms with van der Waals surface area (Å²) in [5, 5.41) is 33.5. The Hall–Kier alpha value is -0.450. The van der Waals surface area contributed by atoms with E-state index in [1.807, 2.05) is 0 Å². The Bertz CT molecular complexity index is 678. The average molecular weight is 449 g/mol. The molecule has 32 heavy (non-hydrogen) atoms. The molecule has 4 heteroatoms. The molecule has 0 amide bonds. The molecule has 184 valence electrons. The molecule has 4 rings (SSSR count). The van der Waals surface area contributed by atoms with Gasteiger partial charge < -0.3 is 20.1 Å². The SMILES string of the molecule is CC(C)CCC[C@@H](C)[C@H]1CC[C@H]2[C@@H]3C(O)CC4CC(O)CC(C=O)[C@]4(C)[C@H]3CC(O)[C@]12C. The summed E-state index contributed by atoms with van der Waals surface area (Å²) >= 11 is 0. The van der Waals surface area contributed by atoms with Crippen LogP contribution in [0.4, 0.5) is 0 Å². The van der Waals surface area contributed by atoms with Crippen molar-refractivity contribution in [2.75, 3.05) is 0 Å². The van der Waals surface area contributed by atoms with Crippen molar-refractivity contribution in [2.24, 2.45) is 58.2 Å². The fraction of sp³-hybridized carbons (Fsp3) is 0.964. The van der Waals surface area contributed by atoms with Crippen LogP contribution in [0.2, 0.25) is 0 Å². The van der Waals surface area contributed by atoms with E-state index in [1.54, 1.807) is 0 Å². The maximum absolute atomic E-state index is 12.1. The maximum Gasteiger partial charge on any atom is 0.123 e. The third-order valence-electron chi connectivity index (χ3n) is 11.3. The Labute approximate surface area is 195 Å². The molecule has 0 bridgehead atoms. The molecule has 0 aliphatic heterocycles. The first-order valence-corrected chi connectivity index (χ1v) is 13.5. The molecular formula is C28H48O4. The lowest BCUT2D eigenvalue weighted by molar-refractivity contribution is -0.219. The van der Waals surface area contributed by atoms with Gasteiger partial charge >= 0.3 is 0 Å². The predicted molar refractivity (Wildman–Crippen MR) is 127 cm³/mol. The second-order valence-corrected chi connectivity index (χ2v) is 13.1. The molecule has 0 spiro atoms. The van der Waals surface area contributed by atoms with Crippen LogP contribution in [0.15, 0.2) is 0 Å².